The van der Waals surface area contributed by atoms with Crippen LogP contribution in [0.25, 0.3) is 26.4 Å². The Balaban J connectivity index is 2.04. The second-order valence-electron chi connectivity index (χ2n) is 4.07. The van der Waals surface area contributed by atoms with E-state index in [0.29, 0.717) is 0 Å². The van der Waals surface area contributed by atoms with Crippen molar-refractivity contribution in [2.45, 2.75) is 0 Å². The largest absolute Gasteiger partial charge is 0.307 e. The van der Waals surface area contributed by atoms with E-state index in [9.17, 15) is 0 Å². The van der Waals surface area contributed by atoms with E-state index < -0.39 is 0 Å². The van der Waals surface area contributed by atoms with Crippen LogP contribution in [-0.4, -0.2) is 14.4 Å². The summed E-state index contributed by atoms with van der Waals surface area (Å²) < 4.78 is 3.22. The number of fused-ring (bicyclic) bond motifs is 2. The Labute approximate surface area is 107 Å². The van der Waals surface area contributed by atoms with Crippen LogP contribution in [0.2, 0.25) is 0 Å². The van der Waals surface area contributed by atoms with Gasteiger partial charge in [-0.15, -0.1) is 11.3 Å². The van der Waals surface area contributed by atoms with Gasteiger partial charge in [-0.3, -0.25) is 0 Å². The highest BCUT2D eigenvalue weighted by molar-refractivity contribution is 7.21. The summed E-state index contributed by atoms with van der Waals surface area (Å²) in [7, 11) is 0. The predicted molar refractivity (Wildman–Crippen MR) is 73.8 cm³/mol. The molecule has 3 nitrogen and oxygen atoms in total. The summed E-state index contributed by atoms with van der Waals surface area (Å²) in [5.74, 6) is 0. The fraction of sp³-hybridized carbons (Fsp3) is 0. The van der Waals surface area contributed by atoms with E-state index in [4.69, 9.17) is 0 Å². The van der Waals surface area contributed by atoms with Gasteiger partial charge in [-0.05, 0) is 24.3 Å². The van der Waals surface area contributed by atoms with Crippen LogP contribution in [0.1, 0.15) is 0 Å². The molecule has 4 heteroatoms. The van der Waals surface area contributed by atoms with E-state index in [0.717, 1.165) is 21.7 Å². The molecular weight excluding hydrogens is 242 g/mol. The molecule has 0 fully saturated rings. The van der Waals surface area contributed by atoms with Crippen molar-refractivity contribution in [2.24, 2.45) is 0 Å². The molecule has 86 valence electrons. The van der Waals surface area contributed by atoms with Crippen LogP contribution in [0.5, 0.6) is 0 Å². The molecule has 4 rings (SSSR count). The molecule has 0 N–H and O–H groups in total. The molecule has 0 aliphatic carbocycles. The van der Waals surface area contributed by atoms with Crippen LogP contribution in [0.15, 0.2) is 55.0 Å². The zero-order chi connectivity index (χ0) is 11.9. The summed E-state index contributed by atoms with van der Waals surface area (Å²) in [6.45, 7) is 0. The van der Waals surface area contributed by atoms with Crippen molar-refractivity contribution >= 4 is 27.2 Å². The Bertz CT molecular complexity index is 811. The van der Waals surface area contributed by atoms with Crippen molar-refractivity contribution in [1.29, 1.82) is 0 Å². The molecular formula is C14H9N3S. The number of imidazole rings is 1. The molecule has 0 bridgehead atoms. The van der Waals surface area contributed by atoms with Gasteiger partial charge in [0.1, 0.15) is 10.7 Å². The second kappa shape index (κ2) is 3.65. The first kappa shape index (κ1) is 9.79. The van der Waals surface area contributed by atoms with Crippen LogP contribution >= 0.6 is 11.3 Å². The molecule has 0 saturated heterocycles. The van der Waals surface area contributed by atoms with E-state index in [2.05, 4.69) is 22.1 Å². The maximum atomic E-state index is 4.68. The average molecular weight is 251 g/mol. The maximum absolute atomic E-state index is 4.68. The number of hydrogen-bond acceptors (Lipinski definition) is 3. The lowest BCUT2D eigenvalue weighted by atomic mass is 10.3. The Kier molecular flexibility index (Phi) is 1.98. The topological polar surface area (TPSA) is 30.2 Å². The zero-order valence-corrected chi connectivity index (χ0v) is 10.3. The van der Waals surface area contributed by atoms with Gasteiger partial charge in [0.15, 0.2) is 0 Å². The van der Waals surface area contributed by atoms with Crippen molar-refractivity contribution in [3.63, 3.8) is 0 Å². The first-order valence-electron chi connectivity index (χ1n) is 5.69. The molecule has 18 heavy (non-hydrogen) atoms. The van der Waals surface area contributed by atoms with E-state index in [1.54, 1.807) is 11.3 Å². The molecule has 0 aliphatic rings. The smallest absolute Gasteiger partial charge is 0.146 e. The highest BCUT2D eigenvalue weighted by atomic mass is 32.1. The fourth-order valence-corrected chi connectivity index (χ4v) is 3.09. The number of hydrogen-bond donors (Lipinski definition) is 0. The van der Waals surface area contributed by atoms with Gasteiger partial charge in [-0.1, -0.05) is 12.1 Å². The summed E-state index contributed by atoms with van der Waals surface area (Å²) in [4.78, 5) is 9.07. The predicted octanol–water partition coefficient (Wildman–Crippen LogP) is 3.61. The van der Waals surface area contributed by atoms with Gasteiger partial charge in [0.25, 0.3) is 0 Å². The van der Waals surface area contributed by atoms with Gasteiger partial charge in [-0.25, -0.2) is 9.97 Å². The fourth-order valence-electron chi connectivity index (χ4n) is 2.10. The SMILES string of the molecule is c1ccc2sc(-c3cccn4ccnc34)nc2c1. The average Bonchev–Trinajstić information content (AvgIpc) is 3.04. The van der Waals surface area contributed by atoms with Crippen molar-refractivity contribution in [3.05, 3.63) is 55.0 Å². The molecule has 4 aromatic rings. The van der Waals surface area contributed by atoms with Gasteiger partial charge in [0.2, 0.25) is 0 Å². The normalized spacial score (nSPS) is 11.3. The highest BCUT2D eigenvalue weighted by Gasteiger charge is 2.09. The molecule has 0 amide bonds. The minimum absolute atomic E-state index is 0.955. The number of thiazole rings is 1. The Hall–Kier alpha value is -2.20. The van der Waals surface area contributed by atoms with E-state index in [1.165, 1.54) is 4.70 Å². The van der Waals surface area contributed by atoms with Crippen LogP contribution in [0.3, 0.4) is 0 Å². The maximum Gasteiger partial charge on any atom is 0.146 e. The van der Waals surface area contributed by atoms with Gasteiger partial charge in [0.05, 0.1) is 15.8 Å². The third kappa shape index (κ3) is 1.36. The van der Waals surface area contributed by atoms with E-state index in [1.807, 2.05) is 47.3 Å². The lowest BCUT2D eigenvalue weighted by molar-refractivity contribution is 1.19. The van der Waals surface area contributed by atoms with Crippen LogP contribution in [0, 0.1) is 0 Å². The summed E-state index contributed by atoms with van der Waals surface area (Å²) in [6, 6.07) is 12.3. The quantitative estimate of drug-likeness (QED) is 0.517. The molecule has 3 aromatic heterocycles. The van der Waals surface area contributed by atoms with E-state index in [-0.39, 0.29) is 0 Å². The first-order valence-corrected chi connectivity index (χ1v) is 6.51. The number of aromatic nitrogens is 3. The van der Waals surface area contributed by atoms with Gasteiger partial charge in [0, 0.05) is 18.6 Å². The van der Waals surface area contributed by atoms with Crippen LogP contribution < -0.4 is 0 Å². The number of pyridine rings is 1. The molecule has 0 atom stereocenters. The first-order chi connectivity index (χ1) is 8.92. The number of para-hydroxylation sites is 1. The summed E-state index contributed by atoms with van der Waals surface area (Å²) in [6.07, 6.45) is 5.76. The van der Waals surface area contributed by atoms with Crippen LogP contribution in [0.4, 0.5) is 0 Å². The lowest BCUT2D eigenvalue weighted by Crippen LogP contribution is -1.86. The monoisotopic (exact) mass is 251 g/mol. The minimum atomic E-state index is 0.955. The number of benzene rings is 1. The van der Waals surface area contributed by atoms with Crippen molar-refractivity contribution in [2.75, 3.05) is 0 Å². The summed E-state index contributed by atoms with van der Waals surface area (Å²) >= 11 is 1.70. The zero-order valence-electron chi connectivity index (χ0n) is 9.45. The van der Waals surface area contributed by atoms with Gasteiger partial charge < -0.3 is 4.40 Å². The van der Waals surface area contributed by atoms with Gasteiger partial charge >= 0.3 is 0 Å². The van der Waals surface area contributed by atoms with E-state index >= 15 is 0 Å². The van der Waals surface area contributed by atoms with Crippen molar-refractivity contribution in [1.82, 2.24) is 14.4 Å². The number of nitrogens with zero attached hydrogens (tertiary/aromatic N) is 3. The summed E-state index contributed by atoms with van der Waals surface area (Å²) in [5.41, 5.74) is 3.09. The highest BCUT2D eigenvalue weighted by Crippen LogP contribution is 2.31. The molecule has 1 aromatic carbocycles. The molecule has 0 saturated carbocycles. The van der Waals surface area contributed by atoms with Crippen LogP contribution in [-0.2, 0) is 0 Å². The van der Waals surface area contributed by atoms with Gasteiger partial charge in [-0.2, -0.15) is 0 Å². The Morgan fingerprint density at radius 3 is 2.89 bits per heavy atom. The minimum Gasteiger partial charge on any atom is -0.307 e. The third-order valence-electron chi connectivity index (χ3n) is 2.94. The molecule has 0 unspecified atom stereocenters. The molecule has 0 spiro atoms. The lowest BCUT2D eigenvalue weighted by Gasteiger charge is -1.98. The standard InChI is InChI=1S/C14H9N3S/c1-2-6-12-11(5-1)16-14(18-12)10-4-3-8-17-9-7-15-13(10)17/h1-9H. The third-order valence-corrected chi connectivity index (χ3v) is 4.01. The molecule has 0 radical (unpaired) electrons. The second-order valence-corrected chi connectivity index (χ2v) is 5.10. The van der Waals surface area contributed by atoms with Crippen molar-refractivity contribution in [3.8, 4) is 10.6 Å². The number of rotatable bonds is 1. The Morgan fingerprint density at radius 2 is 1.94 bits per heavy atom. The Morgan fingerprint density at radius 1 is 1.00 bits per heavy atom. The summed E-state index contributed by atoms with van der Waals surface area (Å²) in [5, 5.41) is 1.02. The van der Waals surface area contributed by atoms with Crippen molar-refractivity contribution < 1.29 is 0 Å². The molecule has 0 aliphatic heterocycles. The molecule has 3 heterocycles.